The van der Waals surface area contributed by atoms with Crippen molar-refractivity contribution in [1.82, 2.24) is 4.98 Å². The molecule has 2 heterocycles. The van der Waals surface area contributed by atoms with E-state index in [1.165, 1.54) is 5.56 Å². The molecular weight excluding hydrogens is 336 g/mol. The Morgan fingerprint density at radius 2 is 2.22 bits per heavy atom. The molecule has 0 saturated carbocycles. The first-order chi connectivity index (χ1) is 8.60. The van der Waals surface area contributed by atoms with Gasteiger partial charge in [-0.05, 0) is 44.6 Å². The lowest BCUT2D eigenvalue weighted by Crippen LogP contribution is -2.17. The van der Waals surface area contributed by atoms with E-state index in [1.807, 2.05) is 11.9 Å². The summed E-state index contributed by atoms with van der Waals surface area (Å²) >= 11 is 11.3. The molecule has 0 unspecified atom stereocenters. The summed E-state index contributed by atoms with van der Waals surface area (Å²) in [5.74, 6) is 0.719. The maximum atomic E-state index is 9.01. The Morgan fingerprint density at radius 3 is 2.78 bits per heavy atom. The molecule has 0 fully saturated rings. The van der Waals surface area contributed by atoms with Crippen molar-refractivity contribution in [2.75, 3.05) is 11.9 Å². The standard InChI is InChI=1S/C12H12BrClN2OS/c1-16(5-9-3-11(13)18-7-9)12-10(14)2-8(6-17)4-15-12/h2-4,7,17H,5-6H2,1H3. The van der Waals surface area contributed by atoms with Crippen LogP contribution in [0.1, 0.15) is 11.1 Å². The zero-order valence-electron chi connectivity index (χ0n) is 9.73. The van der Waals surface area contributed by atoms with Crippen LogP contribution in [0.3, 0.4) is 0 Å². The number of hydrogen-bond acceptors (Lipinski definition) is 4. The smallest absolute Gasteiger partial charge is 0.147 e. The monoisotopic (exact) mass is 346 g/mol. The van der Waals surface area contributed by atoms with Crippen LogP contribution >= 0.6 is 38.9 Å². The third kappa shape index (κ3) is 3.23. The first-order valence-corrected chi connectivity index (χ1v) is 7.34. The van der Waals surface area contributed by atoms with Gasteiger partial charge >= 0.3 is 0 Å². The third-order valence-electron chi connectivity index (χ3n) is 2.46. The fourth-order valence-corrected chi connectivity index (χ4v) is 3.15. The third-order valence-corrected chi connectivity index (χ3v) is 4.30. The number of pyridine rings is 1. The maximum absolute atomic E-state index is 9.01. The van der Waals surface area contributed by atoms with Crippen LogP contribution in [0.5, 0.6) is 0 Å². The molecule has 18 heavy (non-hydrogen) atoms. The Balaban J connectivity index is 2.15. The van der Waals surface area contributed by atoms with E-state index in [4.69, 9.17) is 16.7 Å². The second-order valence-corrected chi connectivity index (χ2v) is 6.62. The van der Waals surface area contributed by atoms with Crippen LogP contribution in [-0.2, 0) is 13.2 Å². The molecule has 0 radical (unpaired) electrons. The van der Waals surface area contributed by atoms with Gasteiger partial charge in [-0.15, -0.1) is 11.3 Å². The SMILES string of the molecule is CN(Cc1csc(Br)c1)c1ncc(CO)cc1Cl. The molecule has 0 amide bonds. The number of anilines is 1. The van der Waals surface area contributed by atoms with E-state index >= 15 is 0 Å². The zero-order valence-corrected chi connectivity index (χ0v) is 12.9. The van der Waals surface area contributed by atoms with Crippen LogP contribution in [0, 0.1) is 0 Å². The van der Waals surface area contributed by atoms with Crippen molar-refractivity contribution in [1.29, 1.82) is 0 Å². The number of halogens is 2. The predicted molar refractivity (Wildman–Crippen MR) is 79.3 cm³/mol. The van der Waals surface area contributed by atoms with Gasteiger partial charge in [0.25, 0.3) is 0 Å². The molecule has 0 saturated heterocycles. The lowest BCUT2D eigenvalue weighted by Gasteiger charge is -2.19. The Labute approximate surface area is 123 Å². The maximum Gasteiger partial charge on any atom is 0.147 e. The van der Waals surface area contributed by atoms with Crippen molar-refractivity contribution in [2.24, 2.45) is 0 Å². The number of nitrogens with zero attached hydrogens (tertiary/aromatic N) is 2. The van der Waals surface area contributed by atoms with Crippen molar-refractivity contribution in [3.05, 3.63) is 43.6 Å². The Bertz CT molecular complexity index is 547. The van der Waals surface area contributed by atoms with Gasteiger partial charge in [-0.3, -0.25) is 0 Å². The van der Waals surface area contributed by atoms with Gasteiger partial charge in [0.05, 0.1) is 15.4 Å². The van der Waals surface area contributed by atoms with Gasteiger partial charge in [0, 0.05) is 19.8 Å². The number of aromatic nitrogens is 1. The van der Waals surface area contributed by atoms with E-state index in [9.17, 15) is 0 Å². The molecule has 0 atom stereocenters. The summed E-state index contributed by atoms with van der Waals surface area (Å²) in [6, 6.07) is 3.82. The fraction of sp³-hybridized carbons (Fsp3) is 0.250. The molecule has 0 aliphatic rings. The minimum absolute atomic E-state index is 0.0474. The highest BCUT2D eigenvalue weighted by Crippen LogP contribution is 2.26. The van der Waals surface area contributed by atoms with E-state index in [-0.39, 0.29) is 6.61 Å². The summed E-state index contributed by atoms with van der Waals surface area (Å²) in [5.41, 5.74) is 1.92. The van der Waals surface area contributed by atoms with E-state index in [0.29, 0.717) is 5.02 Å². The van der Waals surface area contributed by atoms with Crippen molar-refractivity contribution >= 4 is 44.7 Å². The number of thiophene rings is 1. The number of aliphatic hydroxyl groups is 1. The molecule has 96 valence electrons. The van der Waals surface area contributed by atoms with E-state index < -0.39 is 0 Å². The molecule has 2 aromatic heterocycles. The lowest BCUT2D eigenvalue weighted by atomic mass is 10.3. The highest BCUT2D eigenvalue weighted by molar-refractivity contribution is 9.11. The topological polar surface area (TPSA) is 36.4 Å². The van der Waals surface area contributed by atoms with Crippen LogP contribution in [0.4, 0.5) is 5.82 Å². The van der Waals surface area contributed by atoms with Gasteiger partial charge < -0.3 is 10.0 Å². The predicted octanol–water partition coefficient (Wildman–Crippen LogP) is 3.69. The lowest BCUT2D eigenvalue weighted by molar-refractivity contribution is 0.281. The molecular formula is C12H12BrClN2OS. The summed E-state index contributed by atoms with van der Waals surface area (Å²) < 4.78 is 1.11. The minimum Gasteiger partial charge on any atom is -0.392 e. The molecule has 0 aliphatic heterocycles. The first kappa shape index (κ1) is 13.8. The second kappa shape index (κ2) is 6.02. The van der Waals surface area contributed by atoms with Gasteiger partial charge in [0.1, 0.15) is 5.82 Å². The molecule has 2 aromatic rings. The van der Waals surface area contributed by atoms with Crippen molar-refractivity contribution in [2.45, 2.75) is 13.2 Å². The van der Waals surface area contributed by atoms with Crippen molar-refractivity contribution < 1.29 is 5.11 Å². The Kier molecular flexibility index (Phi) is 4.61. The Hall–Kier alpha value is -0.620. The van der Waals surface area contributed by atoms with E-state index in [0.717, 1.165) is 21.7 Å². The zero-order chi connectivity index (χ0) is 13.1. The molecule has 0 bridgehead atoms. The Morgan fingerprint density at radius 1 is 1.44 bits per heavy atom. The largest absolute Gasteiger partial charge is 0.392 e. The first-order valence-electron chi connectivity index (χ1n) is 5.29. The molecule has 6 heteroatoms. The van der Waals surface area contributed by atoms with Crippen LogP contribution in [-0.4, -0.2) is 17.1 Å². The normalized spacial score (nSPS) is 10.7. The van der Waals surface area contributed by atoms with Crippen molar-refractivity contribution in [3.63, 3.8) is 0 Å². The van der Waals surface area contributed by atoms with Crippen LogP contribution in [0.15, 0.2) is 27.5 Å². The van der Waals surface area contributed by atoms with Gasteiger partial charge in [0.15, 0.2) is 0 Å². The van der Waals surface area contributed by atoms with E-state index in [2.05, 4.69) is 32.4 Å². The van der Waals surface area contributed by atoms with Gasteiger partial charge in [0.2, 0.25) is 0 Å². The molecule has 0 spiro atoms. The van der Waals surface area contributed by atoms with E-state index in [1.54, 1.807) is 23.6 Å². The van der Waals surface area contributed by atoms with Crippen LogP contribution in [0.25, 0.3) is 0 Å². The minimum atomic E-state index is -0.0474. The van der Waals surface area contributed by atoms with Crippen LogP contribution in [0.2, 0.25) is 5.02 Å². The number of hydrogen-bond donors (Lipinski definition) is 1. The molecule has 1 N–H and O–H groups in total. The average molecular weight is 348 g/mol. The van der Waals surface area contributed by atoms with Gasteiger partial charge in [-0.2, -0.15) is 0 Å². The summed E-state index contributed by atoms with van der Waals surface area (Å²) in [7, 11) is 1.94. The molecule has 2 rings (SSSR count). The summed E-state index contributed by atoms with van der Waals surface area (Å²) in [5, 5.41) is 11.7. The van der Waals surface area contributed by atoms with Crippen LogP contribution < -0.4 is 4.90 Å². The quantitative estimate of drug-likeness (QED) is 0.916. The summed E-state index contributed by atoms with van der Waals surface area (Å²) in [6.07, 6.45) is 1.64. The number of rotatable bonds is 4. The highest BCUT2D eigenvalue weighted by atomic mass is 79.9. The fourth-order valence-electron chi connectivity index (χ4n) is 1.62. The summed E-state index contributed by atoms with van der Waals surface area (Å²) in [6.45, 7) is 0.696. The highest BCUT2D eigenvalue weighted by Gasteiger charge is 2.10. The van der Waals surface area contributed by atoms with Gasteiger partial charge in [-0.1, -0.05) is 11.6 Å². The molecule has 0 aromatic carbocycles. The van der Waals surface area contributed by atoms with Crippen molar-refractivity contribution in [3.8, 4) is 0 Å². The molecule has 0 aliphatic carbocycles. The second-order valence-electron chi connectivity index (χ2n) is 3.92. The number of aliphatic hydroxyl groups excluding tert-OH is 1. The molecule has 3 nitrogen and oxygen atoms in total. The summed E-state index contributed by atoms with van der Waals surface area (Å²) in [4.78, 5) is 6.26. The van der Waals surface area contributed by atoms with Gasteiger partial charge in [-0.25, -0.2) is 4.98 Å². The average Bonchev–Trinajstić information content (AvgIpc) is 2.74.